The number of aromatic nitrogens is 2. The molecule has 0 radical (unpaired) electrons. The summed E-state index contributed by atoms with van der Waals surface area (Å²) in [5.41, 5.74) is -1.39. The summed E-state index contributed by atoms with van der Waals surface area (Å²) in [6.45, 7) is 0. The summed E-state index contributed by atoms with van der Waals surface area (Å²) in [6.07, 6.45) is -2.84. The first kappa shape index (κ1) is 12.2. The van der Waals surface area contributed by atoms with Crippen molar-refractivity contribution in [3.05, 3.63) is 29.7 Å². The molecular weight excluding hydrogens is 253 g/mol. The predicted molar refractivity (Wildman–Crippen MR) is 53.7 cm³/mol. The molecule has 0 saturated carbocycles. The van der Waals surface area contributed by atoms with E-state index in [1.165, 1.54) is 7.11 Å². The number of ether oxygens (including phenoxy) is 1. The molecule has 0 unspecified atom stereocenters. The number of pyridine rings is 1. The molecule has 0 atom stereocenters. The lowest BCUT2D eigenvalue weighted by atomic mass is 10.3. The van der Waals surface area contributed by atoms with Crippen LogP contribution in [0.25, 0.3) is 5.65 Å². The maximum Gasteiger partial charge on any atom is 0.434 e. The minimum Gasteiger partial charge on any atom is -0.493 e. The number of aromatic carboxylic acids is 1. The SMILES string of the molecule is COc1cc(C(=O)O)cn2cc(C(F)(F)F)nc12. The van der Waals surface area contributed by atoms with Gasteiger partial charge in [0, 0.05) is 12.4 Å². The lowest BCUT2D eigenvalue weighted by Gasteiger charge is -2.03. The average Bonchev–Trinajstić information content (AvgIpc) is 2.70. The number of rotatable bonds is 2. The summed E-state index contributed by atoms with van der Waals surface area (Å²) in [5, 5.41) is 8.82. The fraction of sp³-hybridized carbons (Fsp3) is 0.200. The van der Waals surface area contributed by atoms with Gasteiger partial charge in [-0.3, -0.25) is 0 Å². The van der Waals surface area contributed by atoms with Gasteiger partial charge < -0.3 is 14.2 Å². The zero-order valence-electron chi connectivity index (χ0n) is 9.02. The predicted octanol–water partition coefficient (Wildman–Crippen LogP) is 2.06. The molecule has 0 amide bonds. The molecule has 2 aromatic rings. The molecule has 0 spiro atoms. The number of carbonyl (C=O) groups is 1. The molecule has 0 aliphatic heterocycles. The highest BCUT2D eigenvalue weighted by Gasteiger charge is 2.34. The van der Waals surface area contributed by atoms with Crippen molar-refractivity contribution in [2.75, 3.05) is 7.11 Å². The standard InChI is InChI=1S/C10H7F3N2O3/c1-18-6-2-5(9(16)17)3-15-4-7(10(11,12)13)14-8(6)15/h2-4H,1H3,(H,16,17). The van der Waals surface area contributed by atoms with E-state index >= 15 is 0 Å². The van der Waals surface area contributed by atoms with Crippen LogP contribution in [0.2, 0.25) is 0 Å². The van der Waals surface area contributed by atoms with Crippen LogP contribution in [0.3, 0.4) is 0 Å². The first-order valence-corrected chi connectivity index (χ1v) is 4.70. The molecule has 0 bridgehead atoms. The van der Waals surface area contributed by atoms with Crippen LogP contribution in [0.4, 0.5) is 13.2 Å². The largest absolute Gasteiger partial charge is 0.493 e. The Morgan fingerprint density at radius 3 is 2.61 bits per heavy atom. The van der Waals surface area contributed by atoms with E-state index in [-0.39, 0.29) is 17.0 Å². The van der Waals surface area contributed by atoms with Gasteiger partial charge in [-0.15, -0.1) is 0 Å². The van der Waals surface area contributed by atoms with Crippen molar-refractivity contribution in [2.45, 2.75) is 6.18 Å². The zero-order valence-corrected chi connectivity index (χ0v) is 9.02. The van der Waals surface area contributed by atoms with Gasteiger partial charge in [-0.25, -0.2) is 9.78 Å². The van der Waals surface area contributed by atoms with Crippen LogP contribution < -0.4 is 4.74 Å². The van der Waals surface area contributed by atoms with Crippen LogP contribution in [0.15, 0.2) is 18.5 Å². The van der Waals surface area contributed by atoms with E-state index in [0.717, 1.165) is 16.7 Å². The minimum absolute atomic E-state index is 0.0367. The Hall–Kier alpha value is -2.25. The summed E-state index contributed by atoms with van der Waals surface area (Å²) in [7, 11) is 1.23. The lowest BCUT2D eigenvalue weighted by molar-refractivity contribution is -0.140. The number of halogens is 3. The Labute approximate surface area is 98.4 Å². The first-order chi connectivity index (χ1) is 8.32. The minimum atomic E-state index is -4.60. The molecule has 0 aliphatic carbocycles. The van der Waals surface area contributed by atoms with E-state index in [4.69, 9.17) is 9.84 Å². The number of hydrogen-bond acceptors (Lipinski definition) is 3. The van der Waals surface area contributed by atoms with Crippen LogP contribution in [0, 0.1) is 0 Å². The summed E-state index contributed by atoms with van der Waals surface area (Å²) < 4.78 is 43.3. The molecule has 96 valence electrons. The van der Waals surface area contributed by atoms with Crippen molar-refractivity contribution >= 4 is 11.6 Å². The molecule has 2 heterocycles. The second kappa shape index (κ2) is 3.90. The number of fused-ring (bicyclic) bond motifs is 1. The maximum absolute atomic E-state index is 12.5. The van der Waals surface area contributed by atoms with Gasteiger partial charge in [0.25, 0.3) is 0 Å². The first-order valence-electron chi connectivity index (χ1n) is 4.70. The Kier molecular flexibility index (Phi) is 2.64. The molecule has 18 heavy (non-hydrogen) atoms. The van der Waals surface area contributed by atoms with Crippen LogP contribution in [-0.4, -0.2) is 27.6 Å². The Bertz CT molecular complexity index is 619. The number of imidazole rings is 1. The highest BCUT2D eigenvalue weighted by Crippen LogP contribution is 2.30. The van der Waals surface area contributed by atoms with Crippen molar-refractivity contribution < 1.29 is 27.8 Å². The second-order valence-electron chi connectivity index (χ2n) is 3.46. The highest BCUT2D eigenvalue weighted by molar-refractivity contribution is 5.88. The summed E-state index contributed by atoms with van der Waals surface area (Å²) >= 11 is 0. The number of alkyl halides is 3. The number of carboxylic acids is 1. The van der Waals surface area contributed by atoms with Gasteiger partial charge in [-0.05, 0) is 6.07 Å². The third-order valence-corrected chi connectivity index (χ3v) is 2.27. The molecule has 0 aromatic carbocycles. The summed E-state index contributed by atoms with van der Waals surface area (Å²) in [4.78, 5) is 14.2. The fourth-order valence-corrected chi connectivity index (χ4v) is 1.47. The smallest absolute Gasteiger partial charge is 0.434 e. The van der Waals surface area contributed by atoms with E-state index in [0.29, 0.717) is 6.20 Å². The van der Waals surface area contributed by atoms with E-state index < -0.39 is 17.8 Å². The van der Waals surface area contributed by atoms with Crippen molar-refractivity contribution in [3.8, 4) is 5.75 Å². The molecule has 0 fully saturated rings. The van der Waals surface area contributed by atoms with Crippen molar-refractivity contribution in [1.29, 1.82) is 0 Å². The maximum atomic E-state index is 12.5. The van der Waals surface area contributed by atoms with E-state index in [9.17, 15) is 18.0 Å². The normalized spacial score (nSPS) is 11.8. The fourth-order valence-electron chi connectivity index (χ4n) is 1.47. The van der Waals surface area contributed by atoms with Crippen molar-refractivity contribution in [1.82, 2.24) is 9.38 Å². The van der Waals surface area contributed by atoms with E-state index in [1.807, 2.05) is 0 Å². The number of methoxy groups -OCH3 is 1. The van der Waals surface area contributed by atoms with Gasteiger partial charge in [-0.1, -0.05) is 0 Å². The Morgan fingerprint density at radius 2 is 2.11 bits per heavy atom. The average molecular weight is 260 g/mol. The van der Waals surface area contributed by atoms with Crippen LogP contribution >= 0.6 is 0 Å². The summed E-state index contributed by atoms with van der Waals surface area (Å²) in [6, 6.07) is 1.12. The number of hydrogen-bond donors (Lipinski definition) is 1. The quantitative estimate of drug-likeness (QED) is 0.897. The van der Waals surface area contributed by atoms with Gasteiger partial charge in [0.15, 0.2) is 17.1 Å². The van der Waals surface area contributed by atoms with Gasteiger partial charge in [0.05, 0.1) is 12.7 Å². The van der Waals surface area contributed by atoms with Crippen molar-refractivity contribution in [3.63, 3.8) is 0 Å². The summed E-state index contributed by atoms with van der Waals surface area (Å²) in [5.74, 6) is -1.30. The lowest BCUT2D eigenvalue weighted by Crippen LogP contribution is -2.04. The van der Waals surface area contributed by atoms with Gasteiger partial charge in [0.1, 0.15) is 0 Å². The molecule has 0 aliphatic rings. The zero-order chi connectivity index (χ0) is 13.5. The Morgan fingerprint density at radius 1 is 1.44 bits per heavy atom. The Balaban J connectivity index is 2.71. The molecule has 8 heteroatoms. The molecule has 1 N–H and O–H groups in total. The highest BCUT2D eigenvalue weighted by atomic mass is 19.4. The van der Waals surface area contributed by atoms with Crippen LogP contribution in [0.5, 0.6) is 5.75 Å². The molecular formula is C10H7F3N2O3. The van der Waals surface area contributed by atoms with Gasteiger partial charge in [0.2, 0.25) is 0 Å². The molecule has 2 aromatic heterocycles. The number of carboxylic acid groups (broad SMARTS) is 1. The molecule has 5 nitrogen and oxygen atoms in total. The van der Waals surface area contributed by atoms with Crippen LogP contribution in [0.1, 0.15) is 16.1 Å². The second-order valence-corrected chi connectivity index (χ2v) is 3.46. The topological polar surface area (TPSA) is 63.8 Å². The third-order valence-electron chi connectivity index (χ3n) is 2.27. The van der Waals surface area contributed by atoms with E-state index in [2.05, 4.69) is 4.98 Å². The van der Waals surface area contributed by atoms with E-state index in [1.54, 1.807) is 0 Å². The van der Waals surface area contributed by atoms with Crippen molar-refractivity contribution in [2.24, 2.45) is 0 Å². The monoisotopic (exact) mass is 260 g/mol. The number of nitrogens with zero attached hydrogens (tertiary/aromatic N) is 2. The van der Waals surface area contributed by atoms with Crippen LogP contribution in [-0.2, 0) is 6.18 Å². The molecule has 2 rings (SSSR count). The van der Waals surface area contributed by atoms with Gasteiger partial charge >= 0.3 is 12.1 Å². The molecule has 0 saturated heterocycles. The third kappa shape index (κ3) is 1.96. The van der Waals surface area contributed by atoms with Gasteiger partial charge in [-0.2, -0.15) is 13.2 Å².